The van der Waals surface area contributed by atoms with Crippen molar-refractivity contribution in [3.63, 3.8) is 0 Å². The summed E-state index contributed by atoms with van der Waals surface area (Å²) in [6.07, 6.45) is 5.54. The molecule has 0 unspecified atom stereocenters. The van der Waals surface area contributed by atoms with Crippen LogP contribution in [0.2, 0.25) is 0 Å². The minimum absolute atomic E-state index is 0.0369. The summed E-state index contributed by atoms with van der Waals surface area (Å²) >= 11 is 0. The van der Waals surface area contributed by atoms with Crippen LogP contribution in [-0.2, 0) is 28.7 Å². The van der Waals surface area contributed by atoms with Gasteiger partial charge in [-0.2, -0.15) is 0 Å². The minimum atomic E-state index is -0.250. The van der Waals surface area contributed by atoms with Crippen molar-refractivity contribution in [3.8, 4) is 0 Å². The van der Waals surface area contributed by atoms with Crippen molar-refractivity contribution < 1.29 is 33.8 Å². The average molecular weight is 434 g/mol. The molecule has 0 fully saturated rings. The number of hydrogen-bond donors (Lipinski definition) is 4. The van der Waals surface area contributed by atoms with E-state index in [1.54, 1.807) is 0 Å². The number of carbonyl (C=O) groups excluding carboxylic acids is 3. The van der Waals surface area contributed by atoms with E-state index in [-0.39, 0.29) is 30.8 Å². The number of carboxylic acid groups (broad SMARTS) is 1. The third-order valence-corrected chi connectivity index (χ3v) is 3.66. The van der Waals surface area contributed by atoms with E-state index < -0.39 is 0 Å². The van der Waals surface area contributed by atoms with E-state index in [2.05, 4.69) is 22.9 Å². The molecule has 0 aliphatic carbocycles. The number of amides is 3. The lowest BCUT2D eigenvalue weighted by atomic mass is 10.2. The fraction of sp³-hybridized carbons (Fsp3) is 0.800. The maximum Gasteiger partial charge on any atom is 0.290 e. The largest absolute Gasteiger partial charge is 0.483 e. The Morgan fingerprint density at radius 2 is 1.30 bits per heavy atom. The molecule has 0 aliphatic rings. The number of rotatable bonds is 18. The minimum Gasteiger partial charge on any atom is -0.483 e. The summed E-state index contributed by atoms with van der Waals surface area (Å²) in [5.74, 6) is -0.119. The van der Waals surface area contributed by atoms with E-state index in [4.69, 9.17) is 19.4 Å². The van der Waals surface area contributed by atoms with Gasteiger partial charge in [0.25, 0.3) is 6.47 Å². The molecule has 0 radical (unpaired) electrons. The number of ether oxygens (including phenoxy) is 2. The summed E-state index contributed by atoms with van der Waals surface area (Å²) in [6, 6.07) is 0. The summed E-state index contributed by atoms with van der Waals surface area (Å²) in [4.78, 5) is 42.8. The highest BCUT2D eigenvalue weighted by Gasteiger charge is 2.03. The number of carbonyl (C=O) groups is 4. The zero-order valence-corrected chi connectivity index (χ0v) is 18.4. The molecule has 176 valence electrons. The van der Waals surface area contributed by atoms with Gasteiger partial charge in [0.1, 0.15) is 6.61 Å². The second-order valence-corrected chi connectivity index (χ2v) is 6.38. The van der Waals surface area contributed by atoms with Crippen molar-refractivity contribution in [2.45, 2.75) is 58.8 Å². The third kappa shape index (κ3) is 25.8. The molecular weight excluding hydrogens is 394 g/mol. The second-order valence-electron chi connectivity index (χ2n) is 6.38. The molecule has 3 amide bonds. The highest BCUT2D eigenvalue weighted by Crippen LogP contribution is 1.98. The maximum atomic E-state index is 11.6. The van der Waals surface area contributed by atoms with Gasteiger partial charge < -0.3 is 30.5 Å². The molecule has 30 heavy (non-hydrogen) atoms. The highest BCUT2D eigenvalue weighted by atomic mass is 16.5. The lowest BCUT2D eigenvalue weighted by Crippen LogP contribution is -2.30. The Labute approximate surface area is 179 Å². The molecule has 4 N–H and O–H groups in total. The number of hydrogen-bond acceptors (Lipinski definition) is 6. The number of unbranched alkanes of at least 4 members (excludes halogenated alkanes) is 2. The first-order valence-corrected chi connectivity index (χ1v) is 10.5. The van der Waals surface area contributed by atoms with Crippen molar-refractivity contribution >= 4 is 24.2 Å². The van der Waals surface area contributed by atoms with Crippen LogP contribution in [0.4, 0.5) is 0 Å². The van der Waals surface area contributed by atoms with Crippen LogP contribution in [0.1, 0.15) is 58.8 Å². The van der Waals surface area contributed by atoms with Gasteiger partial charge in [0.2, 0.25) is 17.7 Å². The molecule has 0 aromatic heterocycles. The van der Waals surface area contributed by atoms with Gasteiger partial charge in [0, 0.05) is 32.5 Å². The van der Waals surface area contributed by atoms with Crippen LogP contribution in [-0.4, -0.2) is 75.4 Å². The van der Waals surface area contributed by atoms with E-state index in [1.165, 1.54) is 0 Å². The van der Waals surface area contributed by atoms with Crippen LogP contribution < -0.4 is 16.0 Å². The third-order valence-electron chi connectivity index (χ3n) is 3.66. The Morgan fingerprint density at radius 1 is 0.733 bits per heavy atom. The van der Waals surface area contributed by atoms with E-state index in [0.717, 1.165) is 25.7 Å². The Bertz CT molecular complexity index is 448. The van der Waals surface area contributed by atoms with Gasteiger partial charge in [-0.3, -0.25) is 19.2 Å². The first-order chi connectivity index (χ1) is 14.5. The molecule has 0 aliphatic heterocycles. The Kier molecular flexibility index (Phi) is 24.8. The molecule has 0 aromatic rings. The van der Waals surface area contributed by atoms with Crippen molar-refractivity contribution in [1.29, 1.82) is 0 Å². The first-order valence-electron chi connectivity index (χ1n) is 10.5. The average Bonchev–Trinajstić information content (AvgIpc) is 2.72. The molecule has 0 aromatic carbocycles. The molecule has 0 bridgehead atoms. The van der Waals surface area contributed by atoms with Crippen molar-refractivity contribution in [1.82, 2.24) is 16.0 Å². The zero-order valence-electron chi connectivity index (χ0n) is 18.4. The normalized spacial score (nSPS) is 9.80. The Morgan fingerprint density at radius 3 is 1.93 bits per heavy atom. The Hall–Kier alpha value is -2.20. The molecule has 0 rings (SSSR count). The second kappa shape index (κ2) is 24.8. The SMILES string of the molecule is CCCCCC(=O)NCCCC(=O)NCCOCCOCC(=O)NCCC.O=CO. The molecular formula is C20H39N3O7. The van der Waals surface area contributed by atoms with Crippen LogP contribution in [0.3, 0.4) is 0 Å². The molecule has 0 spiro atoms. The smallest absolute Gasteiger partial charge is 0.290 e. The van der Waals surface area contributed by atoms with Gasteiger partial charge in [-0.1, -0.05) is 26.7 Å². The quantitative estimate of drug-likeness (QED) is 0.185. The zero-order chi connectivity index (χ0) is 22.9. The summed E-state index contributed by atoms with van der Waals surface area (Å²) < 4.78 is 10.5. The van der Waals surface area contributed by atoms with Crippen molar-refractivity contribution in [2.75, 3.05) is 46.1 Å². The van der Waals surface area contributed by atoms with E-state index >= 15 is 0 Å². The van der Waals surface area contributed by atoms with E-state index in [9.17, 15) is 14.4 Å². The summed E-state index contributed by atoms with van der Waals surface area (Å²) in [5.41, 5.74) is 0. The standard InChI is InChI=1S/C19H37N3O5.CH2O2/c1-3-5-6-8-17(23)21-11-7-9-18(24)22-12-13-26-14-15-27-16-19(25)20-10-4-2;2-1-3/h3-16H2,1-2H3,(H,20,25)(H,21,23)(H,22,24);1H,(H,2,3). The predicted octanol–water partition coefficient (Wildman–Crippen LogP) is 0.840. The monoisotopic (exact) mass is 433 g/mol. The fourth-order valence-corrected chi connectivity index (χ4v) is 2.15. The molecule has 0 atom stereocenters. The van der Waals surface area contributed by atoms with Crippen molar-refractivity contribution in [2.24, 2.45) is 0 Å². The van der Waals surface area contributed by atoms with Crippen LogP contribution in [0.5, 0.6) is 0 Å². The van der Waals surface area contributed by atoms with Gasteiger partial charge in [-0.15, -0.1) is 0 Å². The molecule has 10 nitrogen and oxygen atoms in total. The van der Waals surface area contributed by atoms with Crippen LogP contribution in [0, 0.1) is 0 Å². The first kappa shape index (κ1) is 30.0. The maximum absolute atomic E-state index is 11.6. The summed E-state index contributed by atoms with van der Waals surface area (Å²) in [5, 5.41) is 15.2. The van der Waals surface area contributed by atoms with Crippen LogP contribution in [0.15, 0.2) is 0 Å². The van der Waals surface area contributed by atoms with Gasteiger partial charge in [-0.25, -0.2) is 0 Å². The van der Waals surface area contributed by atoms with Crippen LogP contribution >= 0.6 is 0 Å². The van der Waals surface area contributed by atoms with Crippen molar-refractivity contribution in [3.05, 3.63) is 0 Å². The van der Waals surface area contributed by atoms with E-state index in [0.29, 0.717) is 58.7 Å². The summed E-state index contributed by atoms with van der Waals surface area (Å²) in [7, 11) is 0. The predicted molar refractivity (Wildman–Crippen MR) is 113 cm³/mol. The van der Waals surface area contributed by atoms with Gasteiger partial charge in [-0.05, 0) is 19.3 Å². The van der Waals surface area contributed by atoms with Gasteiger partial charge >= 0.3 is 0 Å². The van der Waals surface area contributed by atoms with Gasteiger partial charge in [0.15, 0.2) is 0 Å². The van der Waals surface area contributed by atoms with Crippen LogP contribution in [0.25, 0.3) is 0 Å². The van der Waals surface area contributed by atoms with Gasteiger partial charge in [0.05, 0.1) is 19.8 Å². The number of nitrogens with one attached hydrogen (secondary N) is 3. The lowest BCUT2D eigenvalue weighted by Gasteiger charge is -2.08. The fourth-order valence-electron chi connectivity index (χ4n) is 2.15. The molecule has 10 heteroatoms. The molecule has 0 saturated carbocycles. The Balaban J connectivity index is 0. The topological polar surface area (TPSA) is 143 Å². The lowest BCUT2D eigenvalue weighted by molar-refractivity contribution is -0.126. The molecule has 0 saturated heterocycles. The molecule has 0 heterocycles. The highest BCUT2D eigenvalue weighted by molar-refractivity contribution is 5.77. The van der Waals surface area contributed by atoms with E-state index in [1.807, 2.05) is 6.92 Å². The summed E-state index contributed by atoms with van der Waals surface area (Å²) in [6.45, 7) is 6.60.